The molecular weight excluding hydrogens is 402 g/mol. The van der Waals surface area contributed by atoms with Crippen molar-refractivity contribution in [1.82, 2.24) is 9.62 Å². The lowest BCUT2D eigenvalue weighted by molar-refractivity contribution is -0.124. The third kappa shape index (κ3) is 4.63. The average molecular weight is 424 g/mol. The van der Waals surface area contributed by atoms with Crippen molar-refractivity contribution in [2.75, 3.05) is 13.1 Å². The molecule has 0 aliphatic carbocycles. The van der Waals surface area contributed by atoms with Crippen LogP contribution in [0.2, 0.25) is 0 Å². The third-order valence-corrected chi connectivity index (χ3v) is 6.85. The molecule has 1 amide bonds. The first-order valence-corrected chi connectivity index (χ1v) is 10.6. The van der Waals surface area contributed by atoms with E-state index in [4.69, 9.17) is 0 Å². The zero-order chi connectivity index (χ0) is 21.2. The summed E-state index contributed by atoms with van der Waals surface area (Å²) in [5.74, 6) is -2.26. The van der Waals surface area contributed by atoms with Crippen molar-refractivity contribution in [2.45, 2.75) is 36.8 Å². The standard InChI is InChI=1S/C20H22F2N2O4S/c1-13-4-7-15(8-5-13)29(27,28)24-10-2-3-18(24)20(26)23-12-19(25)16-9-6-14(21)11-17(16)22/h4-9,11,18-19,25H,2-3,10,12H2,1H3,(H,23,26)/t18-,19?/m0/s1. The molecule has 2 atom stereocenters. The number of nitrogens with one attached hydrogen (secondary N) is 1. The monoisotopic (exact) mass is 424 g/mol. The molecule has 6 nitrogen and oxygen atoms in total. The number of halogens is 2. The highest BCUT2D eigenvalue weighted by molar-refractivity contribution is 7.89. The van der Waals surface area contributed by atoms with Gasteiger partial charge in [0.05, 0.1) is 11.0 Å². The maximum atomic E-state index is 13.8. The average Bonchev–Trinajstić information content (AvgIpc) is 3.17. The minimum Gasteiger partial charge on any atom is -0.386 e. The molecule has 2 aromatic carbocycles. The Labute approximate surface area is 168 Å². The lowest BCUT2D eigenvalue weighted by Gasteiger charge is -2.24. The van der Waals surface area contributed by atoms with E-state index < -0.39 is 39.7 Å². The van der Waals surface area contributed by atoms with E-state index in [9.17, 15) is 27.1 Å². The highest BCUT2D eigenvalue weighted by atomic mass is 32.2. The van der Waals surface area contributed by atoms with Gasteiger partial charge in [-0.3, -0.25) is 4.79 Å². The van der Waals surface area contributed by atoms with Crippen LogP contribution in [0.3, 0.4) is 0 Å². The molecule has 3 rings (SSSR count). The summed E-state index contributed by atoms with van der Waals surface area (Å²) >= 11 is 0. The summed E-state index contributed by atoms with van der Waals surface area (Å²) in [4.78, 5) is 12.7. The third-order valence-electron chi connectivity index (χ3n) is 4.93. The van der Waals surface area contributed by atoms with Gasteiger partial charge < -0.3 is 10.4 Å². The van der Waals surface area contributed by atoms with E-state index in [1.54, 1.807) is 12.1 Å². The van der Waals surface area contributed by atoms with Gasteiger partial charge in [-0.05, 0) is 38.0 Å². The topological polar surface area (TPSA) is 86.7 Å². The van der Waals surface area contributed by atoms with Gasteiger partial charge in [0.1, 0.15) is 17.7 Å². The molecule has 1 saturated heterocycles. The molecule has 0 bridgehead atoms. The van der Waals surface area contributed by atoms with Crippen molar-refractivity contribution in [3.63, 3.8) is 0 Å². The van der Waals surface area contributed by atoms with E-state index in [0.717, 1.165) is 22.0 Å². The van der Waals surface area contributed by atoms with Crippen molar-refractivity contribution < 1.29 is 27.1 Å². The van der Waals surface area contributed by atoms with Gasteiger partial charge in [-0.2, -0.15) is 4.31 Å². The number of aryl methyl sites for hydroxylation is 1. The summed E-state index contributed by atoms with van der Waals surface area (Å²) in [6.07, 6.45) is -0.515. The largest absolute Gasteiger partial charge is 0.386 e. The summed E-state index contributed by atoms with van der Waals surface area (Å²) in [5, 5.41) is 12.6. The smallest absolute Gasteiger partial charge is 0.243 e. The Balaban J connectivity index is 1.69. The number of hydrogen-bond donors (Lipinski definition) is 2. The predicted octanol–water partition coefficient (Wildman–Crippen LogP) is 2.28. The van der Waals surface area contributed by atoms with Crippen molar-refractivity contribution >= 4 is 15.9 Å². The van der Waals surface area contributed by atoms with Crippen LogP contribution in [0.25, 0.3) is 0 Å². The van der Waals surface area contributed by atoms with Crippen LogP contribution >= 0.6 is 0 Å². The molecule has 0 saturated carbocycles. The zero-order valence-electron chi connectivity index (χ0n) is 15.8. The van der Waals surface area contributed by atoms with E-state index in [1.165, 1.54) is 12.1 Å². The molecule has 9 heteroatoms. The highest BCUT2D eigenvalue weighted by Crippen LogP contribution is 2.26. The van der Waals surface area contributed by atoms with Gasteiger partial charge in [0.25, 0.3) is 0 Å². The first kappa shape index (κ1) is 21.4. The fourth-order valence-corrected chi connectivity index (χ4v) is 4.99. The van der Waals surface area contributed by atoms with Crippen LogP contribution < -0.4 is 5.32 Å². The minimum absolute atomic E-state index is 0.108. The molecule has 1 unspecified atom stereocenters. The number of aliphatic hydroxyl groups is 1. The van der Waals surface area contributed by atoms with Crippen molar-refractivity contribution in [1.29, 1.82) is 0 Å². The summed E-state index contributed by atoms with van der Waals surface area (Å²) < 4.78 is 53.7. The molecule has 156 valence electrons. The van der Waals surface area contributed by atoms with E-state index in [0.29, 0.717) is 18.9 Å². The van der Waals surface area contributed by atoms with Crippen molar-refractivity contribution in [3.8, 4) is 0 Å². The number of carbonyl (C=O) groups excluding carboxylic acids is 1. The predicted molar refractivity (Wildman–Crippen MR) is 102 cm³/mol. The number of aliphatic hydroxyl groups excluding tert-OH is 1. The molecular formula is C20H22F2N2O4S. The molecule has 1 heterocycles. The Hall–Kier alpha value is -2.36. The SMILES string of the molecule is Cc1ccc(S(=O)(=O)N2CCC[C@H]2C(=O)NCC(O)c2ccc(F)cc2F)cc1. The molecule has 0 radical (unpaired) electrons. The lowest BCUT2D eigenvalue weighted by Crippen LogP contribution is -2.46. The van der Waals surface area contributed by atoms with Crippen LogP contribution in [0.15, 0.2) is 47.4 Å². The summed E-state index contributed by atoms with van der Waals surface area (Å²) in [6, 6.07) is 8.22. The molecule has 1 aliphatic heterocycles. The normalized spacial score (nSPS) is 18.6. The Morgan fingerprint density at radius 3 is 2.59 bits per heavy atom. The quantitative estimate of drug-likeness (QED) is 0.745. The number of carbonyl (C=O) groups is 1. The fraction of sp³-hybridized carbons (Fsp3) is 0.350. The van der Waals surface area contributed by atoms with E-state index >= 15 is 0 Å². The number of sulfonamides is 1. The molecule has 1 aliphatic rings. The lowest BCUT2D eigenvalue weighted by atomic mass is 10.1. The zero-order valence-corrected chi connectivity index (χ0v) is 16.6. The Morgan fingerprint density at radius 1 is 1.24 bits per heavy atom. The summed E-state index contributed by atoms with van der Waals surface area (Å²) in [7, 11) is -3.84. The number of benzene rings is 2. The first-order chi connectivity index (χ1) is 13.7. The second kappa shape index (κ2) is 8.56. The van der Waals surface area contributed by atoms with Gasteiger partial charge >= 0.3 is 0 Å². The molecule has 2 N–H and O–H groups in total. The van der Waals surface area contributed by atoms with Crippen LogP contribution in [0.5, 0.6) is 0 Å². The molecule has 0 aromatic heterocycles. The maximum Gasteiger partial charge on any atom is 0.243 e. The van der Waals surface area contributed by atoms with Gasteiger partial charge in [0.2, 0.25) is 15.9 Å². The second-order valence-corrected chi connectivity index (χ2v) is 8.90. The number of nitrogens with zero attached hydrogens (tertiary/aromatic N) is 1. The van der Waals surface area contributed by atoms with Crippen LogP contribution in [-0.2, 0) is 14.8 Å². The Morgan fingerprint density at radius 2 is 1.93 bits per heavy atom. The molecule has 1 fully saturated rings. The first-order valence-electron chi connectivity index (χ1n) is 9.19. The van der Waals surface area contributed by atoms with Gasteiger partial charge in [-0.15, -0.1) is 0 Å². The fourth-order valence-electron chi connectivity index (χ4n) is 3.33. The van der Waals surface area contributed by atoms with Gasteiger partial charge in [0, 0.05) is 24.7 Å². The van der Waals surface area contributed by atoms with E-state index in [1.807, 2.05) is 6.92 Å². The van der Waals surface area contributed by atoms with Crippen molar-refractivity contribution in [2.24, 2.45) is 0 Å². The molecule has 0 spiro atoms. The second-order valence-electron chi connectivity index (χ2n) is 7.01. The highest BCUT2D eigenvalue weighted by Gasteiger charge is 2.39. The van der Waals surface area contributed by atoms with Crippen LogP contribution in [0.1, 0.15) is 30.1 Å². The maximum absolute atomic E-state index is 13.8. The van der Waals surface area contributed by atoms with E-state index in [2.05, 4.69) is 5.32 Å². The number of amides is 1. The Kier molecular flexibility index (Phi) is 6.30. The van der Waals surface area contributed by atoms with Crippen LogP contribution in [0.4, 0.5) is 8.78 Å². The van der Waals surface area contributed by atoms with Crippen molar-refractivity contribution in [3.05, 3.63) is 65.2 Å². The Bertz CT molecular complexity index is 996. The number of rotatable bonds is 6. The summed E-state index contributed by atoms with van der Waals surface area (Å²) in [5.41, 5.74) is 0.768. The van der Waals surface area contributed by atoms with E-state index in [-0.39, 0.29) is 23.5 Å². The van der Waals surface area contributed by atoms with Crippen LogP contribution in [-0.4, -0.2) is 42.9 Å². The van der Waals surface area contributed by atoms with Gasteiger partial charge in [0.15, 0.2) is 0 Å². The van der Waals surface area contributed by atoms with Gasteiger partial charge in [-0.25, -0.2) is 17.2 Å². The molecule has 2 aromatic rings. The number of hydrogen-bond acceptors (Lipinski definition) is 4. The minimum atomic E-state index is -3.84. The van der Waals surface area contributed by atoms with Gasteiger partial charge in [-0.1, -0.05) is 23.8 Å². The molecule has 29 heavy (non-hydrogen) atoms. The van der Waals surface area contributed by atoms with Crippen LogP contribution in [0, 0.1) is 18.6 Å². The summed E-state index contributed by atoms with van der Waals surface area (Å²) in [6.45, 7) is 1.73.